The van der Waals surface area contributed by atoms with Gasteiger partial charge in [0.15, 0.2) is 0 Å². The molecule has 0 spiro atoms. The van der Waals surface area contributed by atoms with Crippen LogP contribution < -0.4 is 5.32 Å². The van der Waals surface area contributed by atoms with Crippen molar-refractivity contribution in [2.45, 2.75) is 26.1 Å². The van der Waals surface area contributed by atoms with Crippen molar-refractivity contribution in [2.75, 3.05) is 11.9 Å². The number of amides is 1. The normalized spacial score (nSPS) is 23.6. The molecule has 1 saturated heterocycles. The average Bonchev–Trinajstić information content (AvgIpc) is 2.76. The summed E-state index contributed by atoms with van der Waals surface area (Å²) in [6, 6.07) is 7.13. The van der Waals surface area contributed by atoms with Crippen LogP contribution in [0, 0.1) is 5.92 Å². The molecule has 0 radical (unpaired) electrons. The van der Waals surface area contributed by atoms with Crippen molar-refractivity contribution in [3.8, 4) is 0 Å². The van der Waals surface area contributed by atoms with Crippen molar-refractivity contribution < 1.29 is 14.6 Å². The molecule has 92 valence electrons. The minimum absolute atomic E-state index is 0.0109. The monoisotopic (exact) mass is 235 g/mol. The second-order valence-corrected chi connectivity index (χ2v) is 4.40. The lowest BCUT2D eigenvalue weighted by molar-refractivity contribution is -0.126. The lowest BCUT2D eigenvalue weighted by Crippen LogP contribution is -2.31. The first-order valence-electron chi connectivity index (χ1n) is 5.83. The van der Waals surface area contributed by atoms with Gasteiger partial charge >= 0.3 is 0 Å². The van der Waals surface area contributed by atoms with Gasteiger partial charge in [0.2, 0.25) is 0 Å². The Labute approximate surface area is 101 Å². The van der Waals surface area contributed by atoms with Gasteiger partial charge in [-0.25, -0.2) is 0 Å². The Kier molecular flexibility index (Phi) is 3.76. The first kappa shape index (κ1) is 12.1. The Morgan fingerprint density at radius 1 is 1.47 bits per heavy atom. The molecule has 1 amide bonds. The SMILES string of the molecule is CC1CCOC1C(=O)Nc1ccc(CO)cc1. The van der Waals surface area contributed by atoms with E-state index in [0.29, 0.717) is 6.61 Å². The summed E-state index contributed by atoms with van der Waals surface area (Å²) in [6.45, 7) is 2.69. The van der Waals surface area contributed by atoms with Crippen molar-refractivity contribution in [1.82, 2.24) is 0 Å². The fourth-order valence-electron chi connectivity index (χ4n) is 1.94. The standard InChI is InChI=1S/C13H17NO3/c1-9-6-7-17-12(9)13(16)14-11-4-2-10(8-15)3-5-11/h2-5,9,12,15H,6-8H2,1H3,(H,14,16). The summed E-state index contributed by atoms with van der Waals surface area (Å²) in [7, 11) is 0. The lowest BCUT2D eigenvalue weighted by Gasteiger charge is -2.14. The Morgan fingerprint density at radius 3 is 2.71 bits per heavy atom. The number of anilines is 1. The smallest absolute Gasteiger partial charge is 0.253 e. The van der Waals surface area contributed by atoms with Gasteiger partial charge in [-0.1, -0.05) is 19.1 Å². The Hall–Kier alpha value is -1.39. The number of benzene rings is 1. The van der Waals surface area contributed by atoms with Gasteiger partial charge in [-0.05, 0) is 30.0 Å². The molecule has 1 heterocycles. The highest BCUT2D eigenvalue weighted by molar-refractivity contribution is 5.94. The van der Waals surface area contributed by atoms with Gasteiger partial charge in [0.1, 0.15) is 6.10 Å². The van der Waals surface area contributed by atoms with Gasteiger partial charge in [0.05, 0.1) is 6.61 Å². The van der Waals surface area contributed by atoms with Gasteiger partial charge < -0.3 is 15.2 Å². The second-order valence-electron chi connectivity index (χ2n) is 4.40. The van der Waals surface area contributed by atoms with E-state index >= 15 is 0 Å². The molecule has 2 N–H and O–H groups in total. The molecular formula is C13H17NO3. The number of rotatable bonds is 3. The van der Waals surface area contributed by atoms with Gasteiger partial charge in [0, 0.05) is 12.3 Å². The Balaban J connectivity index is 1.97. The van der Waals surface area contributed by atoms with Crippen LogP contribution in [0.3, 0.4) is 0 Å². The summed E-state index contributed by atoms with van der Waals surface area (Å²) in [4.78, 5) is 11.9. The van der Waals surface area contributed by atoms with Crippen LogP contribution in [0.15, 0.2) is 24.3 Å². The third-order valence-corrected chi connectivity index (χ3v) is 3.05. The summed E-state index contributed by atoms with van der Waals surface area (Å²) in [5.74, 6) is 0.179. The van der Waals surface area contributed by atoms with Crippen LogP contribution in [0.1, 0.15) is 18.9 Å². The fraction of sp³-hybridized carbons (Fsp3) is 0.462. The first-order chi connectivity index (χ1) is 8.20. The van der Waals surface area contributed by atoms with E-state index < -0.39 is 0 Å². The van der Waals surface area contributed by atoms with Gasteiger partial charge in [0.25, 0.3) is 5.91 Å². The van der Waals surface area contributed by atoms with E-state index in [0.717, 1.165) is 17.7 Å². The predicted octanol–water partition coefficient (Wildman–Crippen LogP) is 1.54. The molecule has 4 nitrogen and oxygen atoms in total. The molecule has 2 unspecified atom stereocenters. The molecule has 0 aliphatic carbocycles. The largest absolute Gasteiger partial charge is 0.392 e. The molecule has 2 atom stereocenters. The lowest BCUT2D eigenvalue weighted by atomic mass is 10.0. The molecule has 2 rings (SSSR count). The third kappa shape index (κ3) is 2.84. The molecule has 0 bridgehead atoms. The molecule has 1 aliphatic heterocycles. The predicted molar refractivity (Wildman–Crippen MR) is 64.5 cm³/mol. The average molecular weight is 235 g/mol. The van der Waals surface area contributed by atoms with Gasteiger partial charge in [-0.3, -0.25) is 4.79 Å². The molecule has 4 heteroatoms. The highest BCUT2D eigenvalue weighted by Crippen LogP contribution is 2.21. The summed E-state index contributed by atoms with van der Waals surface area (Å²) in [6.07, 6.45) is 0.592. The zero-order valence-corrected chi connectivity index (χ0v) is 9.85. The third-order valence-electron chi connectivity index (χ3n) is 3.05. The van der Waals surface area contributed by atoms with Crippen molar-refractivity contribution in [1.29, 1.82) is 0 Å². The number of carbonyl (C=O) groups excluding carboxylic acids is 1. The number of ether oxygens (including phenoxy) is 1. The molecule has 0 aromatic heterocycles. The quantitative estimate of drug-likeness (QED) is 0.835. The molecule has 1 fully saturated rings. The summed E-state index contributed by atoms with van der Waals surface area (Å²) >= 11 is 0. The van der Waals surface area contributed by atoms with E-state index in [1.165, 1.54) is 0 Å². The molecular weight excluding hydrogens is 218 g/mol. The van der Waals surface area contributed by atoms with Crippen LogP contribution in [-0.4, -0.2) is 23.7 Å². The molecule has 1 aromatic rings. The van der Waals surface area contributed by atoms with E-state index in [1.54, 1.807) is 24.3 Å². The van der Waals surface area contributed by atoms with E-state index in [-0.39, 0.29) is 24.5 Å². The van der Waals surface area contributed by atoms with E-state index in [2.05, 4.69) is 5.32 Å². The summed E-state index contributed by atoms with van der Waals surface area (Å²) < 4.78 is 5.39. The van der Waals surface area contributed by atoms with Crippen molar-refractivity contribution in [2.24, 2.45) is 5.92 Å². The number of aliphatic hydroxyl groups is 1. The Bertz CT molecular complexity index is 388. The molecule has 1 aromatic carbocycles. The Morgan fingerprint density at radius 2 is 2.18 bits per heavy atom. The van der Waals surface area contributed by atoms with Crippen LogP contribution >= 0.6 is 0 Å². The summed E-state index contributed by atoms with van der Waals surface area (Å²) in [5.41, 5.74) is 1.56. The van der Waals surface area contributed by atoms with Crippen LogP contribution in [0.2, 0.25) is 0 Å². The second kappa shape index (κ2) is 5.29. The fourth-order valence-corrected chi connectivity index (χ4v) is 1.94. The number of nitrogens with one attached hydrogen (secondary N) is 1. The van der Waals surface area contributed by atoms with Gasteiger partial charge in [-0.2, -0.15) is 0 Å². The highest BCUT2D eigenvalue weighted by atomic mass is 16.5. The summed E-state index contributed by atoms with van der Waals surface area (Å²) in [5, 5.41) is 11.7. The van der Waals surface area contributed by atoms with E-state index in [1.807, 2.05) is 6.92 Å². The molecule has 17 heavy (non-hydrogen) atoms. The maximum atomic E-state index is 11.9. The topological polar surface area (TPSA) is 58.6 Å². The minimum atomic E-state index is -0.340. The van der Waals surface area contributed by atoms with Gasteiger partial charge in [-0.15, -0.1) is 0 Å². The van der Waals surface area contributed by atoms with E-state index in [9.17, 15) is 4.79 Å². The molecule has 0 saturated carbocycles. The zero-order valence-electron chi connectivity index (χ0n) is 9.85. The van der Waals surface area contributed by atoms with Crippen LogP contribution in [0.5, 0.6) is 0 Å². The number of hydrogen-bond acceptors (Lipinski definition) is 3. The van der Waals surface area contributed by atoms with Crippen molar-refractivity contribution in [3.63, 3.8) is 0 Å². The minimum Gasteiger partial charge on any atom is -0.392 e. The van der Waals surface area contributed by atoms with E-state index in [4.69, 9.17) is 9.84 Å². The number of aliphatic hydroxyl groups excluding tert-OH is 1. The zero-order chi connectivity index (χ0) is 12.3. The van der Waals surface area contributed by atoms with Crippen LogP contribution in [-0.2, 0) is 16.1 Å². The van der Waals surface area contributed by atoms with Crippen LogP contribution in [0.4, 0.5) is 5.69 Å². The first-order valence-corrected chi connectivity index (χ1v) is 5.83. The van der Waals surface area contributed by atoms with Crippen molar-refractivity contribution in [3.05, 3.63) is 29.8 Å². The number of hydrogen-bond donors (Lipinski definition) is 2. The maximum absolute atomic E-state index is 11.9. The number of carbonyl (C=O) groups is 1. The van der Waals surface area contributed by atoms with Crippen LogP contribution in [0.25, 0.3) is 0 Å². The van der Waals surface area contributed by atoms with Crippen molar-refractivity contribution >= 4 is 11.6 Å². The highest BCUT2D eigenvalue weighted by Gasteiger charge is 2.30. The molecule has 1 aliphatic rings. The maximum Gasteiger partial charge on any atom is 0.253 e.